The third-order valence-corrected chi connectivity index (χ3v) is 5.63. The van der Waals surface area contributed by atoms with Gasteiger partial charge in [-0.3, -0.25) is 9.59 Å². The Morgan fingerprint density at radius 2 is 1.00 bits per heavy atom. The molecule has 0 aromatic heterocycles. The van der Waals surface area contributed by atoms with Crippen LogP contribution in [-0.4, -0.2) is 9.97 Å². The molecule has 0 atom stereocenters. The van der Waals surface area contributed by atoms with Gasteiger partial charge in [-0.05, 0) is 12.1 Å². The monoisotopic (exact) mass is 422 g/mol. The van der Waals surface area contributed by atoms with Gasteiger partial charge in [0.05, 0.1) is 41.9 Å². The van der Waals surface area contributed by atoms with Crippen LogP contribution in [0, 0.1) is 10.4 Å². The Hall–Kier alpha value is -1.98. The number of nitrogens with zero attached hydrogens (tertiary/aromatic N) is 2. The maximum atomic E-state index is 12.5. The molecule has 2 aromatic rings. The molecule has 0 radical (unpaired) electrons. The van der Waals surface area contributed by atoms with E-state index in [2.05, 4.69) is 9.97 Å². The first kappa shape index (κ1) is 17.4. The van der Waals surface area contributed by atoms with Gasteiger partial charge in [-0.1, -0.05) is 70.7 Å². The fourth-order valence-electron chi connectivity index (χ4n) is 2.84. The number of rotatable bonds is 2. The van der Waals surface area contributed by atoms with Crippen molar-refractivity contribution in [2.24, 2.45) is 0 Å². The summed E-state index contributed by atoms with van der Waals surface area (Å²) in [5.74, 6) is 0. The molecule has 0 saturated heterocycles. The van der Waals surface area contributed by atoms with E-state index in [1.54, 1.807) is 36.4 Å². The van der Waals surface area contributed by atoms with Crippen LogP contribution < -0.4 is 11.1 Å². The minimum Gasteiger partial charge on any atom is -0.267 e. The summed E-state index contributed by atoms with van der Waals surface area (Å²) < 4.78 is 0. The van der Waals surface area contributed by atoms with Gasteiger partial charge in [0.2, 0.25) is 0 Å². The molecule has 26 heavy (non-hydrogen) atoms. The molecule has 2 aromatic carbocycles. The van der Waals surface area contributed by atoms with Crippen LogP contribution in [0.3, 0.4) is 0 Å². The summed E-state index contributed by atoms with van der Waals surface area (Å²) in [6.07, 6.45) is 0. The average molecular weight is 424 g/mol. The number of hydrogen-bond donors (Lipinski definition) is 0. The maximum absolute atomic E-state index is 12.5. The molecular formula is C18H6Cl4N2O2. The third kappa shape index (κ3) is 2.53. The molecule has 8 heteroatoms. The van der Waals surface area contributed by atoms with Crippen molar-refractivity contribution in [2.45, 2.75) is 0 Å². The van der Waals surface area contributed by atoms with Gasteiger partial charge < -0.3 is 0 Å². The predicted octanol–water partition coefficient (Wildman–Crippen LogP) is 4.74. The number of halogens is 4. The van der Waals surface area contributed by atoms with E-state index in [0.29, 0.717) is 11.1 Å². The normalized spacial score (nSPS) is 11.4. The Labute approximate surface area is 166 Å². The molecule has 2 aliphatic heterocycles. The molecule has 2 aliphatic rings. The van der Waals surface area contributed by atoms with Crippen LogP contribution in [0.1, 0.15) is 0 Å². The summed E-state index contributed by atoms with van der Waals surface area (Å²) in [7, 11) is 0. The number of aromatic nitrogens is 2. The van der Waals surface area contributed by atoms with Crippen molar-refractivity contribution in [3.05, 3.63) is 87.6 Å². The smallest absolute Gasteiger partial charge is 0.267 e. The molecule has 0 fully saturated rings. The third-order valence-electron chi connectivity index (χ3n) is 3.99. The van der Waals surface area contributed by atoms with Crippen LogP contribution >= 0.6 is 46.4 Å². The van der Waals surface area contributed by atoms with Gasteiger partial charge in [0.1, 0.15) is 0 Å². The van der Waals surface area contributed by atoms with Crippen molar-refractivity contribution in [3.63, 3.8) is 0 Å². The van der Waals surface area contributed by atoms with E-state index >= 15 is 0 Å². The lowest BCUT2D eigenvalue weighted by atomic mass is 10.1. The summed E-state index contributed by atoms with van der Waals surface area (Å²) in [6, 6.07) is 9.78. The largest absolute Gasteiger partial charge is 0.280 e. The van der Waals surface area contributed by atoms with E-state index < -0.39 is 11.1 Å². The van der Waals surface area contributed by atoms with Crippen LogP contribution in [0.5, 0.6) is 0 Å². The van der Waals surface area contributed by atoms with Crippen LogP contribution in [0.15, 0.2) is 46.0 Å². The van der Waals surface area contributed by atoms with Crippen LogP contribution in [0.2, 0.25) is 20.1 Å². The Bertz CT molecular complexity index is 1220. The van der Waals surface area contributed by atoms with E-state index in [1.807, 2.05) is 0 Å². The summed E-state index contributed by atoms with van der Waals surface area (Å²) in [4.78, 5) is 33.1. The van der Waals surface area contributed by atoms with Gasteiger partial charge in [0, 0.05) is 11.1 Å². The maximum Gasteiger partial charge on any atom is 0.280 e. The minimum absolute atomic E-state index is 0.0882. The highest BCUT2D eigenvalue weighted by atomic mass is 35.5. The molecule has 4 nitrogen and oxygen atoms in total. The standard InChI is InChI=1S/C18H6Cl4N2O2/c19-9-5-1-3-7(13(9)21)15-11-12(18(26)23-15)16(24-17(11)25)8-4-2-6-10(20)14(8)22/h1-6H. The van der Waals surface area contributed by atoms with Crippen LogP contribution in [0.4, 0.5) is 0 Å². The van der Waals surface area contributed by atoms with Crippen molar-refractivity contribution in [2.75, 3.05) is 0 Å². The molecular weight excluding hydrogens is 418 g/mol. The lowest BCUT2D eigenvalue weighted by molar-refractivity contribution is 1.23. The van der Waals surface area contributed by atoms with E-state index in [9.17, 15) is 9.59 Å². The summed E-state index contributed by atoms with van der Waals surface area (Å²) >= 11 is 24.5. The van der Waals surface area contributed by atoms with Gasteiger partial charge in [-0.15, -0.1) is 0 Å². The molecule has 0 saturated carbocycles. The fraction of sp³-hybridized carbons (Fsp3) is 0. The highest BCUT2D eigenvalue weighted by Crippen LogP contribution is 2.35. The predicted molar refractivity (Wildman–Crippen MR) is 103 cm³/mol. The molecule has 0 unspecified atom stereocenters. The van der Waals surface area contributed by atoms with Crippen molar-refractivity contribution < 1.29 is 0 Å². The zero-order chi connectivity index (χ0) is 18.6. The first-order chi connectivity index (χ1) is 12.4. The lowest BCUT2D eigenvalue weighted by Gasteiger charge is -2.01. The van der Waals surface area contributed by atoms with E-state index in [-0.39, 0.29) is 41.9 Å². The topological polar surface area (TPSA) is 59.9 Å². The molecule has 0 bridgehead atoms. The molecule has 4 rings (SSSR count). The second kappa shape index (κ2) is 6.32. The quantitative estimate of drug-likeness (QED) is 0.467. The number of hydrogen-bond acceptors (Lipinski definition) is 4. The summed E-state index contributed by atoms with van der Waals surface area (Å²) in [5, 5.41) is 1.17. The SMILES string of the molecule is O=c1nc(-c2cccc(Cl)c2Cl)c2c(=O)nc(-c3cccc(Cl)c3Cl)c1=2. The van der Waals surface area contributed by atoms with Gasteiger partial charge in [-0.2, -0.15) is 0 Å². The molecule has 0 aliphatic carbocycles. The Kier molecular flexibility index (Phi) is 4.24. The fourth-order valence-corrected chi connectivity index (χ4v) is 3.62. The van der Waals surface area contributed by atoms with Gasteiger partial charge in [0.25, 0.3) is 11.1 Å². The van der Waals surface area contributed by atoms with Crippen molar-refractivity contribution in [3.8, 4) is 22.5 Å². The number of benzene rings is 2. The molecule has 0 spiro atoms. The van der Waals surface area contributed by atoms with Crippen LogP contribution in [-0.2, 0) is 0 Å². The molecule has 0 N–H and O–H groups in total. The van der Waals surface area contributed by atoms with Crippen molar-refractivity contribution >= 4 is 46.4 Å². The Balaban J connectivity index is 2.13. The highest BCUT2D eigenvalue weighted by Gasteiger charge is 2.22. The van der Waals surface area contributed by atoms with Gasteiger partial charge >= 0.3 is 0 Å². The highest BCUT2D eigenvalue weighted by molar-refractivity contribution is 6.44. The first-order valence-corrected chi connectivity index (χ1v) is 8.81. The minimum atomic E-state index is -0.591. The van der Waals surface area contributed by atoms with Crippen molar-refractivity contribution in [1.29, 1.82) is 0 Å². The molecule has 0 amide bonds. The summed E-state index contributed by atoms with van der Waals surface area (Å²) in [5.41, 5.74) is -0.101. The van der Waals surface area contributed by atoms with Crippen LogP contribution in [0.25, 0.3) is 22.5 Å². The second-order valence-corrected chi connectivity index (χ2v) is 7.05. The van der Waals surface area contributed by atoms with Crippen molar-refractivity contribution in [1.82, 2.24) is 9.97 Å². The summed E-state index contributed by atoms with van der Waals surface area (Å²) in [6.45, 7) is 0. The van der Waals surface area contributed by atoms with Gasteiger partial charge in [-0.25, -0.2) is 9.97 Å². The second-order valence-electron chi connectivity index (χ2n) is 5.48. The molecule has 2 heterocycles. The van der Waals surface area contributed by atoms with E-state index in [4.69, 9.17) is 46.4 Å². The molecule has 128 valence electrons. The van der Waals surface area contributed by atoms with Gasteiger partial charge in [0.15, 0.2) is 0 Å². The zero-order valence-electron chi connectivity index (χ0n) is 12.7. The first-order valence-electron chi connectivity index (χ1n) is 7.30. The lowest BCUT2D eigenvalue weighted by Crippen LogP contribution is -2.04. The van der Waals surface area contributed by atoms with E-state index in [1.165, 1.54) is 0 Å². The average Bonchev–Trinajstić information content (AvgIpc) is 3.12. The Morgan fingerprint density at radius 3 is 1.38 bits per heavy atom. The Morgan fingerprint density at radius 1 is 0.615 bits per heavy atom. The zero-order valence-corrected chi connectivity index (χ0v) is 15.7. The van der Waals surface area contributed by atoms with E-state index in [0.717, 1.165) is 0 Å².